The van der Waals surface area contributed by atoms with E-state index in [1.165, 1.54) is 7.11 Å². The van der Waals surface area contributed by atoms with Gasteiger partial charge in [0, 0.05) is 23.2 Å². The lowest BCUT2D eigenvalue weighted by atomic mass is 9.88. The Bertz CT molecular complexity index is 1030. The molecule has 1 aliphatic rings. The van der Waals surface area contributed by atoms with E-state index < -0.39 is 28.0 Å². The number of methoxy groups -OCH3 is 1. The molecule has 0 radical (unpaired) electrons. The predicted octanol–water partition coefficient (Wildman–Crippen LogP) is 4.54. The van der Waals surface area contributed by atoms with Gasteiger partial charge in [-0.15, -0.1) is 0 Å². The number of carboxylic acid groups (broad SMARTS) is 1. The number of fused-ring (bicyclic) bond motifs is 1. The first-order chi connectivity index (χ1) is 16.2. The molecule has 0 aromatic heterocycles. The van der Waals surface area contributed by atoms with Crippen LogP contribution in [0.2, 0.25) is 0 Å². The zero-order valence-electron chi connectivity index (χ0n) is 19.8. The van der Waals surface area contributed by atoms with Crippen molar-refractivity contribution in [2.45, 2.75) is 62.6 Å². The van der Waals surface area contributed by atoms with Gasteiger partial charge in [-0.05, 0) is 30.5 Å². The van der Waals surface area contributed by atoms with E-state index in [-0.39, 0.29) is 18.3 Å². The van der Waals surface area contributed by atoms with Gasteiger partial charge in [-0.3, -0.25) is 19.2 Å². The summed E-state index contributed by atoms with van der Waals surface area (Å²) < 4.78 is 28.5. The Labute approximate surface area is 202 Å². The Balaban J connectivity index is 2.17. The Morgan fingerprint density at radius 3 is 2.50 bits per heavy atom. The summed E-state index contributed by atoms with van der Waals surface area (Å²) in [5, 5.41) is 15.0. The van der Waals surface area contributed by atoms with Crippen LogP contribution in [0.5, 0.6) is 5.75 Å². The highest BCUT2D eigenvalue weighted by molar-refractivity contribution is 8.24. The number of benzene rings is 2. The number of nitrogens with one attached hydrogen (secondary N) is 2. The van der Waals surface area contributed by atoms with Gasteiger partial charge in [0.25, 0.3) is 0 Å². The minimum atomic E-state index is -3.22. The molecule has 2 atom stereocenters. The molecule has 0 aliphatic carbocycles. The summed E-state index contributed by atoms with van der Waals surface area (Å²) in [6.07, 6.45) is 3.46. The van der Waals surface area contributed by atoms with Crippen molar-refractivity contribution < 1.29 is 28.5 Å². The second-order valence-corrected chi connectivity index (χ2v) is 10.8. The molecule has 1 amide bonds. The fourth-order valence-corrected chi connectivity index (χ4v) is 6.79. The Morgan fingerprint density at radius 2 is 1.91 bits per heavy atom. The van der Waals surface area contributed by atoms with Gasteiger partial charge < -0.3 is 15.2 Å². The number of ether oxygens (including phenoxy) is 1. The number of amides is 1. The largest absolute Gasteiger partial charge is 0.496 e. The van der Waals surface area contributed by atoms with Crippen LogP contribution in [0.3, 0.4) is 0 Å². The van der Waals surface area contributed by atoms with Crippen LogP contribution in [0, 0.1) is 0 Å². The van der Waals surface area contributed by atoms with Crippen molar-refractivity contribution in [3.8, 4) is 5.75 Å². The Kier molecular flexibility index (Phi) is 8.25. The summed E-state index contributed by atoms with van der Waals surface area (Å²) in [4.78, 5) is 22.9. The zero-order chi connectivity index (χ0) is 24.9. The summed E-state index contributed by atoms with van der Waals surface area (Å²) in [5.41, 5.74) is 1.67. The van der Waals surface area contributed by atoms with Crippen LogP contribution in [-0.4, -0.2) is 44.5 Å². The summed E-state index contributed by atoms with van der Waals surface area (Å²) in [6, 6.07) is 12.9. The summed E-state index contributed by atoms with van der Waals surface area (Å²) >= 11 is 0. The third-order valence-electron chi connectivity index (χ3n) is 6.46. The molecule has 34 heavy (non-hydrogen) atoms. The van der Waals surface area contributed by atoms with E-state index in [0.29, 0.717) is 21.8 Å². The minimum Gasteiger partial charge on any atom is -0.496 e. The van der Waals surface area contributed by atoms with E-state index in [0.717, 1.165) is 31.2 Å². The molecule has 9 heteroatoms. The van der Waals surface area contributed by atoms with Crippen molar-refractivity contribution in [3.63, 3.8) is 0 Å². The van der Waals surface area contributed by atoms with E-state index in [9.17, 15) is 18.7 Å². The van der Waals surface area contributed by atoms with Gasteiger partial charge in [-0.1, -0.05) is 57.0 Å². The monoisotopic (exact) mass is 490 g/mol. The van der Waals surface area contributed by atoms with Gasteiger partial charge in [0.1, 0.15) is 5.75 Å². The Morgan fingerprint density at radius 1 is 1.21 bits per heavy atom. The zero-order valence-corrected chi connectivity index (χ0v) is 20.7. The molecule has 0 spiro atoms. The van der Waals surface area contributed by atoms with Crippen molar-refractivity contribution in [1.82, 2.24) is 10.6 Å². The predicted molar refractivity (Wildman–Crippen MR) is 132 cm³/mol. The average Bonchev–Trinajstić information content (AvgIpc) is 2.93. The van der Waals surface area contributed by atoms with Gasteiger partial charge in [0.15, 0.2) is 0 Å². The van der Waals surface area contributed by atoms with E-state index >= 15 is 0 Å². The van der Waals surface area contributed by atoms with Gasteiger partial charge >= 0.3 is 11.9 Å². The highest BCUT2D eigenvalue weighted by Crippen LogP contribution is 2.58. The maximum atomic E-state index is 11.6. The number of hydrogen-bond acceptors (Lipinski definition) is 6. The molecule has 186 valence electrons. The fourth-order valence-electron chi connectivity index (χ4n) is 4.54. The lowest BCUT2D eigenvalue weighted by Crippen LogP contribution is -2.49. The maximum absolute atomic E-state index is 11.6. The lowest BCUT2D eigenvalue weighted by molar-refractivity contribution is -0.150. The van der Waals surface area contributed by atoms with E-state index in [1.807, 2.05) is 30.3 Å². The smallest absolute Gasteiger partial charge is 0.394 e. The Hall–Kier alpha value is -2.59. The quantitative estimate of drug-likeness (QED) is 0.344. The van der Waals surface area contributed by atoms with E-state index in [4.69, 9.17) is 9.84 Å². The third-order valence-corrected chi connectivity index (χ3v) is 8.47. The molecule has 0 saturated heterocycles. The SMILES string of the molecule is CCCC[C@]1(CC)CS(O)(O)c2cc(CNC(=O)C(=O)O)c(OC)cc2[C@@H](c2ccccc2)N1. The molecule has 0 fully saturated rings. The lowest BCUT2D eigenvalue weighted by Gasteiger charge is -2.42. The number of carbonyl (C=O) groups excluding carboxylic acids is 1. The number of hydrogen-bond donors (Lipinski definition) is 5. The normalized spacial score (nSPS) is 22.2. The fraction of sp³-hybridized carbons (Fsp3) is 0.440. The van der Waals surface area contributed by atoms with Crippen molar-refractivity contribution in [1.29, 1.82) is 0 Å². The molecule has 0 bridgehead atoms. The molecule has 0 unspecified atom stereocenters. The van der Waals surface area contributed by atoms with E-state index in [2.05, 4.69) is 24.5 Å². The number of carbonyl (C=O) groups is 2. The van der Waals surface area contributed by atoms with Crippen LogP contribution < -0.4 is 15.4 Å². The van der Waals surface area contributed by atoms with Gasteiger partial charge in [-0.25, -0.2) is 4.79 Å². The maximum Gasteiger partial charge on any atom is 0.394 e. The second kappa shape index (κ2) is 10.8. The molecule has 8 nitrogen and oxygen atoms in total. The molecule has 2 aromatic carbocycles. The first-order valence-electron chi connectivity index (χ1n) is 11.5. The molecule has 3 rings (SSSR count). The van der Waals surface area contributed by atoms with Crippen molar-refractivity contribution >= 4 is 22.5 Å². The first-order valence-corrected chi connectivity index (χ1v) is 13.2. The molecular weight excluding hydrogens is 456 g/mol. The molecule has 1 heterocycles. The topological polar surface area (TPSA) is 128 Å². The van der Waals surface area contributed by atoms with Gasteiger partial charge in [-0.2, -0.15) is 10.6 Å². The highest BCUT2D eigenvalue weighted by atomic mass is 32.3. The van der Waals surface area contributed by atoms with Crippen LogP contribution in [0.25, 0.3) is 0 Å². The van der Waals surface area contributed by atoms with Crippen LogP contribution in [-0.2, 0) is 16.1 Å². The molecule has 2 aromatic rings. The minimum absolute atomic E-state index is 0.116. The summed E-state index contributed by atoms with van der Waals surface area (Å²) in [5.74, 6) is -2.13. The van der Waals surface area contributed by atoms with Crippen molar-refractivity contribution in [3.05, 3.63) is 59.2 Å². The van der Waals surface area contributed by atoms with Gasteiger partial charge in [0.2, 0.25) is 0 Å². The average molecular weight is 491 g/mol. The van der Waals surface area contributed by atoms with Crippen LogP contribution in [0.4, 0.5) is 0 Å². The number of carboxylic acids is 1. The number of unbranched alkanes of at least 4 members (excludes halogenated alkanes) is 1. The van der Waals surface area contributed by atoms with Gasteiger partial charge in [0.05, 0.1) is 23.8 Å². The second-order valence-electron chi connectivity index (χ2n) is 8.73. The van der Waals surface area contributed by atoms with Crippen LogP contribution in [0.15, 0.2) is 47.4 Å². The molecule has 0 saturated carbocycles. The summed E-state index contributed by atoms with van der Waals surface area (Å²) in [7, 11) is -1.73. The summed E-state index contributed by atoms with van der Waals surface area (Å²) in [6.45, 7) is 4.06. The highest BCUT2D eigenvalue weighted by Gasteiger charge is 2.42. The van der Waals surface area contributed by atoms with Crippen molar-refractivity contribution in [2.75, 3.05) is 12.9 Å². The molecular formula is C25H34N2O6S. The van der Waals surface area contributed by atoms with Crippen LogP contribution >= 0.6 is 10.6 Å². The number of aliphatic carboxylic acids is 1. The van der Waals surface area contributed by atoms with Crippen molar-refractivity contribution in [2.24, 2.45) is 0 Å². The molecule has 1 aliphatic heterocycles. The number of rotatable bonds is 8. The van der Waals surface area contributed by atoms with Crippen LogP contribution in [0.1, 0.15) is 62.3 Å². The first kappa shape index (κ1) is 26.0. The van der Waals surface area contributed by atoms with E-state index in [1.54, 1.807) is 12.1 Å². The standard InChI is InChI=1S/C25H34N2O6S/c1-4-6-12-25(5-2)16-34(31,32)21-13-18(15-26-23(28)24(29)30)20(33-3)14-19(21)22(27-25)17-10-8-7-9-11-17/h7-11,13-14,22,27,31-32H,4-6,12,15-16H2,1-3H3,(H,26,28)(H,29,30)/t22-,25-/m1/s1. The third kappa shape index (κ3) is 5.55. The molecule has 5 N–H and O–H groups in total.